The van der Waals surface area contributed by atoms with Crippen LogP contribution in [-0.2, 0) is 17.6 Å². The number of carbonyl (C=O) groups excluding carboxylic acids is 2. The molecular weight excluding hydrogens is 444 g/mol. The summed E-state index contributed by atoms with van der Waals surface area (Å²) in [5, 5.41) is 4.43. The van der Waals surface area contributed by atoms with Gasteiger partial charge in [-0.1, -0.05) is 42.0 Å². The van der Waals surface area contributed by atoms with Gasteiger partial charge in [-0.2, -0.15) is 0 Å². The van der Waals surface area contributed by atoms with Crippen LogP contribution in [0.1, 0.15) is 56.5 Å². The van der Waals surface area contributed by atoms with Crippen LogP contribution in [0.2, 0.25) is 0 Å². The highest BCUT2D eigenvalue weighted by molar-refractivity contribution is 7.17. The number of carbonyl (C=O) groups is 2. The number of nitrogens with zero attached hydrogens (tertiary/aromatic N) is 1. The van der Waals surface area contributed by atoms with Crippen molar-refractivity contribution >= 4 is 39.1 Å². The minimum absolute atomic E-state index is 0.251. The third-order valence-corrected chi connectivity index (χ3v) is 7.36. The number of esters is 1. The summed E-state index contributed by atoms with van der Waals surface area (Å²) in [6, 6.07) is 17.6. The first-order valence-electron chi connectivity index (χ1n) is 11.6. The number of amides is 1. The van der Waals surface area contributed by atoms with E-state index in [9.17, 15) is 9.59 Å². The molecule has 0 saturated carbocycles. The minimum Gasteiger partial charge on any atom is -0.462 e. The van der Waals surface area contributed by atoms with Crippen LogP contribution in [-0.4, -0.2) is 23.5 Å². The molecule has 1 N–H and O–H groups in total. The summed E-state index contributed by atoms with van der Waals surface area (Å²) >= 11 is 1.50. The number of aromatic nitrogens is 1. The number of hydrogen-bond acceptors (Lipinski definition) is 5. The van der Waals surface area contributed by atoms with E-state index in [2.05, 4.69) is 5.32 Å². The highest BCUT2D eigenvalue weighted by atomic mass is 32.1. The van der Waals surface area contributed by atoms with Crippen LogP contribution in [0.4, 0.5) is 5.00 Å². The molecule has 1 aliphatic rings. The highest BCUT2D eigenvalue weighted by Gasteiger charge is 2.28. The SMILES string of the molecule is CCOC(=O)c1c(NC(=O)c2cc(-c3ccccc3)nc3ccc(C)cc23)sc2c1CCCC2. The highest BCUT2D eigenvalue weighted by Crippen LogP contribution is 2.39. The Labute approximate surface area is 202 Å². The van der Waals surface area contributed by atoms with Crippen molar-refractivity contribution in [2.45, 2.75) is 39.5 Å². The predicted octanol–water partition coefficient (Wildman–Crippen LogP) is 6.58. The average Bonchev–Trinajstić information content (AvgIpc) is 3.22. The number of benzene rings is 2. The van der Waals surface area contributed by atoms with Crippen LogP contribution >= 0.6 is 11.3 Å². The van der Waals surface area contributed by atoms with Gasteiger partial charge < -0.3 is 10.1 Å². The summed E-state index contributed by atoms with van der Waals surface area (Å²) in [4.78, 5) is 32.5. The number of pyridine rings is 1. The number of rotatable bonds is 5. The van der Waals surface area contributed by atoms with Crippen molar-refractivity contribution < 1.29 is 14.3 Å². The Morgan fingerprint density at radius 1 is 1.06 bits per heavy atom. The lowest BCUT2D eigenvalue weighted by Crippen LogP contribution is -2.16. The van der Waals surface area contributed by atoms with Gasteiger partial charge in [0.15, 0.2) is 0 Å². The van der Waals surface area contributed by atoms with Crippen molar-refractivity contribution in [2.24, 2.45) is 0 Å². The number of thiophene rings is 1. The van der Waals surface area contributed by atoms with E-state index < -0.39 is 0 Å². The predicted molar refractivity (Wildman–Crippen MR) is 137 cm³/mol. The zero-order chi connectivity index (χ0) is 23.7. The summed E-state index contributed by atoms with van der Waals surface area (Å²) in [6.45, 7) is 4.09. The molecule has 5 nitrogen and oxygen atoms in total. The van der Waals surface area contributed by atoms with E-state index in [-0.39, 0.29) is 11.9 Å². The first-order valence-corrected chi connectivity index (χ1v) is 12.5. The number of nitrogens with one attached hydrogen (secondary N) is 1. The van der Waals surface area contributed by atoms with Gasteiger partial charge in [0, 0.05) is 15.8 Å². The fourth-order valence-electron chi connectivity index (χ4n) is 4.53. The summed E-state index contributed by atoms with van der Waals surface area (Å²) in [7, 11) is 0. The van der Waals surface area contributed by atoms with Crippen molar-refractivity contribution in [3.8, 4) is 11.3 Å². The summed E-state index contributed by atoms with van der Waals surface area (Å²) in [5.74, 6) is -0.614. The lowest BCUT2D eigenvalue weighted by molar-refractivity contribution is 0.0526. The second kappa shape index (κ2) is 9.39. The Bertz CT molecular complexity index is 1390. The molecule has 0 bridgehead atoms. The largest absolute Gasteiger partial charge is 0.462 e. The third kappa shape index (κ3) is 4.21. The second-order valence-corrected chi connectivity index (χ2v) is 9.64. The van der Waals surface area contributed by atoms with Crippen molar-refractivity contribution in [1.82, 2.24) is 4.98 Å². The summed E-state index contributed by atoms with van der Waals surface area (Å²) in [5.41, 5.74) is 5.57. The maximum atomic E-state index is 13.7. The van der Waals surface area contributed by atoms with E-state index in [0.29, 0.717) is 22.7 Å². The monoisotopic (exact) mass is 470 g/mol. The Balaban J connectivity index is 1.60. The second-order valence-electron chi connectivity index (χ2n) is 8.53. The first-order chi connectivity index (χ1) is 16.5. The molecule has 0 radical (unpaired) electrons. The first kappa shape index (κ1) is 22.3. The number of hydrogen-bond donors (Lipinski definition) is 1. The van der Waals surface area contributed by atoms with Crippen LogP contribution in [0, 0.1) is 6.92 Å². The van der Waals surface area contributed by atoms with E-state index in [1.807, 2.05) is 61.5 Å². The van der Waals surface area contributed by atoms with Crippen molar-refractivity contribution in [2.75, 3.05) is 11.9 Å². The Hall–Kier alpha value is -3.51. The van der Waals surface area contributed by atoms with E-state index in [4.69, 9.17) is 9.72 Å². The van der Waals surface area contributed by atoms with Crippen LogP contribution in [0.3, 0.4) is 0 Å². The van der Waals surface area contributed by atoms with Gasteiger partial charge in [0.25, 0.3) is 5.91 Å². The molecule has 6 heteroatoms. The zero-order valence-corrected chi connectivity index (χ0v) is 20.1. The third-order valence-electron chi connectivity index (χ3n) is 6.16. The molecule has 2 heterocycles. The minimum atomic E-state index is -0.363. The van der Waals surface area contributed by atoms with Gasteiger partial charge in [-0.05, 0) is 63.3 Å². The van der Waals surface area contributed by atoms with E-state index in [1.165, 1.54) is 16.2 Å². The normalized spacial score (nSPS) is 12.9. The van der Waals surface area contributed by atoms with E-state index >= 15 is 0 Å². The molecule has 0 atom stereocenters. The molecule has 0 spiro atoms. The van der Waals surface area contributed by atoms with Crippen molar-refractivity contribution in [3.63, 3.8) is 0 Å². The molecule has 5 rings (SSSR count). The molecule has 0 saturated heterocycles. The summed E-state index contributed by atoms with van der Waals surface area (Å²) in [6.07, 6.45) is 3.90. The molecular formula is C28H26N2O3S. The average molecular weight is 471 g/mol. The van der Waals surface area contributed by atoms with Gasteiger partial charge in [-0.3, -0.25) is 4.79 Å². The number of ether oxygens (including phenoxy) is 1. The van der Waals surface area contributed by atoms with Gasteiger partial charge in [0.05, 0.1) is 28.9 Å². The molecule has 0 unspecified atom stereocenters. The number of fused-ring (bicyclic) bond motifs is 2. The fraction of sp³-hybridized carbons (Fsp3) is 0.250. The molecule has 2 aromatic heterocycles. The van der Waals surface area contributed by atoms with Gasteiger partial charge in [0.2, 0.25) is 0 Å². The molecule has 172 valence electrons. The van der Waals surface area contributed by atoms with Crippen LogP contribution < -0.4 is 5.32 Å². The van der Waals surface area contributed by atoms with Gasteiger partial charge >= 0.3 is 5.97 Å². The standard InChI is InChI=1S/C28H26N2O3S/c1-3-33-28(32)25-19-11-7-8-12-24(19)34-27(25)30-26(31)21-16-23(18-9-5-4-6-10-18)29-22-14-13-17(2)15-20(21)22/h4-6,9-10,13-16H,3,7-8,11-12H2,1-2H3,(H,30,31). The zero-order valence-electron chi connectivity index (χ0n) is 19.3. The van der Waals surface area contributed by atoms with E-state index in [0.717, 1.165) is 59.0 Å². The summed E-state index contributed by atoms with van der Waals surface area (Å²) < 4.78 is 5.35. The maximum absolute atomic E-state index is 13.7. The van der Waals surface area contributed by atoms with E-state index in [1.54, 1.807) is 6.92 Å². The quantitative estimate of drug-likeness (QED) is 0.335. The van der Waals surface area contributed by atoms with Gasteiger partial charge in [-0.25, -0.2) is 9.78 Å². The molecule has 34 heavy (non-hydrogen) atoms. The Kier molecular flexibility index (Phi) is 6.16. The smallest absolute Gasteiger partial charge is 0.341 e. The number of anilines is 1. The lowest BCUT2D eigenvalue weighted by Gasteiger charge is -2.13. The van der Waals surface area contributed by atoms with Crippen molar-refractivity contribution in [1.29, 1.82) is 0 Å². The Morgan fingerprint density at radius 2 is 1.85 bits per heavy atom. The number of aryl methyl sites for hydroxylation is 2. The van der Waals surface area contributed by atoms with Gasteiger partial charge in [0.1, 0.15) is 5.00 Å². The van der Waals surface area contributed by atoms with Crippen molar-refractivity contribution in [3.05, 3.63) is 81.7 Å². The lowest BCUT2D eigenvalue weighted by atomic mass is 9.95. The maximum Gasteiger partial charge on any atom is 0.341 e. The molecule has 4 aromatic rings. The van der Waals surface area contributed by atoms with Crippen LogP contribution in [0.25, 0.3) is 22.2 Å². The molecule has 2 aromatic carbocycles. The molecule has 1 aliphatic carbocycles. The van der Waals surface area contributed by atoms with Gasteiger partial charge in [-0.15, -0.1) is 11.3 Å². The molecule has 1 amide bonds. The Morgan fingerprint density at radius 3 is 2.65 bits per heavy atom. The molecule has 0 fully saturated rings. The van der Waals surface area contributed by atoms with Crippen LogP contribution in [0.5, 0.6) is 0 Å². The van der Waals surface area contributed by atoms with Crippen LogP contribution in [0.15, 0.2) is 54.6 Å². The fourth-order valence-corrected chi connectivity index (χ4v) is 5.80. The molecule has 0 aliphatic heterocycles. The topological polar surface area (TPSA) is 68.3 Å².